The monoisotopic (exact) mass is 261 g/mol. The van der Waals surface area contributed by atoms with E-state index < -0.39 is 0 Å². The molecular formula is C14H19N3S. The number of thiazole rings is 1. The van der Waals surface area contributed by atoms with Crippen molar-refractivity contribution in [2.75, 3.05) is 5.32 Å². The van der Waals surface area contributed by atoms with E-state index in [1.165, 1.54) is 22.3 Å². The normalized spacial score (nSPS) is 10.7. The topological polar surface area (TPSA) is 50.9 Å². The van der Waals surface area contributed by atoms with Crippen molar-refractivity contribution in [1.82, 2.24) is 4.98 Å². The summed E-state index contributed by atoms with van der Waals surface area (Å²) in [5.41, 5.74) is 11.0. The summed E-state index contributed by atoms with van der Waals surface area (Å²) < 4.78 is 0. The smallest absolute Gasteiger partial charge is 0.183 e. The van der Waals surface area contributed by atoms with Gasteiger partial charge in [0, 0.05) is 24.2 Å². The Labute approximate surface area is 112 Å². The van der Waals surface area contributed by atoms with Crippen molar-refractivity contribution in [2.45, 2.75) is 33.9 Å². The second-order valence-corrected chi connectivity index (χ2v) is 5.60. The van der Waals surface area contributed by atoms with Gasteiger partial charge in [-0.1, -0.05) is 12.1 Å². The second-order valence-electron chi connectivity index (χ2n) is 4.48. The van der Waals surface area contributed by atoms with Crippen molar-refractivity contribution in [2.24, 2.45) is 5.73 Å². The van der Waals surface area contributed by atoms with E-state index in [0.29, 0.717) is 6.54 Å². The maximum atomic E-state index is 5.57. The van der Waals surface area contributed by atoms with Gasteiger partial charge in [-0.15, -0.1) is 11.3 Å². The Morgan fingerprint density at radius 3 is 2.67 bits per heavy atom. The van der Waals surface area contributed by atoms with Crippen molar-refractivity contribution in [3.8, 4) is 0 Å². The number of nitrogens with one attached hydrogen (secondary N) is 1. The van der Waals surface area contributed by atoms with Gasteiger partial charge in [0.15, 0.2) is 5.13 Å². The van der Waals surface area contributed by atoms with E-state index in [0.717, 1.165) is 16.6 Å². The Kier molecular flexibility index (Phi) is 3.99. The van der Waals surface area contributed by atoms with Crippen LogP contribution in [0.4, 0.5) is 5.13 Å². The molecule has 0 aliphatic rings. The maximum Gasteiger partial charge on any atom is 0.183 e. The lowest BCUT2D eigenvalue weighted by atomic mass is 9.99. The van der Waals surface area contributed by atoms with E-state index in [4.69, 9.17) is 5.73 Å². The fourth-order valence-corrected chi connectivity index (χ4v) is 2.54. The molecule has 1 aromatic carbocycles. The SMILES string of the molecule is Cc1ccc(CNc2ncc(CN)s2)c(C)c1C. The van der Waals surface area contributed by atoms with Crippen molar-refractivity contribution < 1.29 is 0 Å². The number of nitrogens with zero attached hydrogens (tertiary/aromatic N) is 1. The number of rotatable bonds is 4. The van der Waals surface area contributed by atoms with Crippen LogP contribution in [0.15, 0.2) is 18.3 Å². The fourth-order valence-electron chi connectivity index (χ4n) is 1.86. The molecular weight excluding hydrogens is 242 g/mol. The molecule has 0 aliphatic carbocycles. The number of aromatic nitrogens is 1. The number of aryl methyl sites for hydroxylation is 1. The molecule has 2 aromatic rings. The van der Waals surface area contributed by atoms with Crippen LogP contribution in [0.2, 0.25) is 0 Å². The highest BCUT2D eigenvalue weighted by molar-refractivity contribution is 7.15. The lowest BCUT2D eigenvalue weighted by molar-refractivity contribution is 1.08. The second kappa shape index (κ2) is 5.50. The largest absolute Gasteiger partial charge is 0.357 e. The standard InChI is InChI=1S/C14H19N3S/c1-9-4-5-12(11(3)10(9)2)7-16-14-17-8-13(6-15)18-14/h4-5,8H,6-7,15H2,1-3H3,(H,16,17). The van der Waals surface area contributed by atoms with Crippen molar-refractivity contribution in [1.29, 1.82) is 0 Å². The third-order valence-electron chi connectivity index (χ3n) is 3.36. The van der Waals surface area contributed by atoms with Gasteiger partial charge in [-0.2, -0.15) is 0 Å². The van der Waals surface area contributed by atoms with Crippen LogP contribution in [-0.4, -0.2) is 4.98 Å². The summed E-state index contributed by atoms with van der Waals surface area (Å²) in [5.74, 6) is 0. The van der Waals surface area contributed by atoms with Crippen LogP contribution < -0.4 is 11.1 Å². The Bertz CT molecular complexity index is 546. The van der Waals surface area contributed by atoms with Gasteiger partial charge >= 0.3 is 0 Å². The Morgan fingerprint density at radius 2 is 2.00 bits per heavy atom. The molecule has 0 spiro atoms. The van der Waals surface area contributed by atoms with Gasteiger partial charge in [-0.05, 0) is 43.0 Å². The molecule has 18 heavy (non-hydrogen) atoms. The average Bonchev–Trinajstić information content (AvgIpc) is 2.83. The van der Waals surface area contributed by atoms with Crippen molar-refractivity contribution in [3.63, 3.8) is 0 Å². The number of benzene rings is 1. The fraction of sp³-hybridized carbons (Fsp3) is 0.357. The van der Waals surface area contributed by atoms with Crippen LogP contribution in [-0.2, 0) is 13.1 Å². The van der Waals surface area contributed by atoms with Gasteiger partial charge in [0.25, 0.3) is 0 Å². The van der Waals surface area contributed by atoms with Crippen LogP contribution in [0.25, 0.3) is 0 Å². The Balaban J connectivity index is 2.08. The molecule has 0 bridgehead atoms. The Hall–Kier alpha value is -1.39. The van der Waals surface area contributed by atoms with E-state index in [-0.39, 0.29) is 0 Å². The first-order valence-electron chi connectivity index (χ1n) is 6.06. The zero-order valence-corrected chi connectivity index (χ0v) is 11.9. The highest BCUT2D eigenvalue weighted by Crippen LogP contribution is 2.21. The molecule has 3 nitrogen and oxygen atoms in total. The number of hydrogen-bond donors (Lipinski definition) is 2. The maximum absolute atomic E-state index is 5.57. The highest BCUT2D eigenvalue weighted by Gasteiger charge is 2.05. The van der Waals surface area contributed by atoms with E-state index in [1.807, 2.05) is 6.20 Å². The van der Waals surface area contributed by atoms with E-state index in [2.05, 4.69) is 43.2 Å². The third kappa shape index (κ3) is 2.71. The van der Waals surface area contributed by atoms with Gasteiger partial charge in [0.05, 0.1) is 0 Å². The molecule has 0 amide bonds. The first-order chi connectivity index (χ1) is 8.61. The molecule has 0 fully saturated rings. The van der Waals surface area contributed by atoms with E-state index >= 15 is 0 Å². The van der Waals surface area contributed by atoms with Gasteiger partial charge < -0.3 is 11.1 Å². The molecule has 0 saturated carbocycles. The van der Waals surface area contributed by atoms with E-state index in [1.54, 1.807) is 11.3 Å². The van der Waals surface area contributed by atoms with Crippen LogP contribution >= 0.6 is 11.3 Å². The number of anilines is 1. The summed E-state index contributed by atoms with van der Waals surface area (Å²) >= 11 is 1.62. The third-order valence-corrected chi connectivity index (χ3v) is 4.33. The lowest BCUT2D eigenvalue weighted by Gasteiger charge is -2.11. The lowest BCUT2D eigenvalue weighted by Crippen LogP contribution is -2.02. The molecule has 2 rings (SSSR count). The molecule has 1 heterocycles. The minimum atomic E-state index is 0.558. The predicted molar refractivity (Wildman–Crippen MR) is 78.0 cm³/mol. The molecule has 0 radical (unpaired) electrons. The first-order valence-corrected chi connectivity index (χ1v) is 6.87. The highest BCUT2D eigenvalue weighted by atomic mass is 32.1. The molecule has 0 saturated heterocycles. The van der Waals surface area contributed by atoms with Crippen molar-refractivity contribution >= 4 is 16.5 Å². The van der Waals surface area contributed by atoms with E-state index in [9.17, 15) is 0 Å². The quantitative estimate of drug-likeness (QED) is 0.889. The molecule has 0 aliphatic heterocycles. The van der Waals surface area contributed by atoms with Gasteiger partial charge in [-0.3, -0.25) is 0 Å². The molecule has 0 atom stereocenters. The molecule has 1 aromatic heterocycles. The Morgan fingerprint density at radius 1 is 1.22 bits per heavy atom. The average molecular weight is 261 g/mol. The summed E-state index contributed by atoms with van der Waals surface area (Å²) in [7, 11) is 0. The number of hydrogen-bond acceptors (Lipinski definition) is 4. The molecule has 96 valence electrons. The zero-order valence-electron chi connectivity index (χ0n) is 11.1. The summed E-state index contributed by atoms with van der Waals surface area (Å²) in [5, 5.41) is 4.29. The van der Waals surface area contributed by atoms with Crippen LogP contribution in [0.5, 0.6) is 0 Å². The van der Waals surface area contributed by atoms with Crippen LogP contribution in [0.3, 0.4) is 0 Å². The van der Waals surface area contributed by atoms with Crippen LogP contribution in [0.1, 0.15) is 27.1 Å². The number of nitrogens with two attached hydrogens (primary N) is 1. The molecule has 0 unspecified atom stereocenters. The summed E-state index contributed by atoms with van der Waals surface area (Å²) in [4.78, 5) is 5.40. The van der Waals surface area contributed by atoms with Crippen LogP contribution in [0, 0.1) is 20.8 Å². The zero-order chi connectivity index (χ0) is 13.1. The summed E-state index contributed by atoms with van der Waals surface area (Å²) in [6.07, 6.45) is 1.83. The van der Waals surface area contributed by atoms with Crippen molar-refractivity contribution in [3.05, 3.63) is 45.5 Å². The van der Waals surface area contributed by atoms with Gasteiger partial charge in [-0.25, -0.2) is 4.98 Å². The van der Waals surface area contributed by atoms with Gasteiger partial charge in [0.2, 0.25) is 0 Å². The predicted octanol–water partition coefficient (Wildman–Crippen LogP) is 3.14. The molecule has 4 heteroatoms. The first kappa shape index (κ1) is 13.1. The minimum absolute atomic E-state index is 0.558. The minimum Gasteiger partial charge on any atom is -0.357 e. The summed E-state index contributed by atoms with van der Waals surface area (Å²) in [6.45, 7) is 7.86. The summed E-state index contributed by atoms with van der Waals surface area (Å²) in [6, 6.07) is 4.36. The van der Waals surface area contributed by atoms with Gasteiger partial charge in [0.1, 0.15) is 0 Å². The molecule has 3 N–H and O–H groups in total.